The second-order valence-corrected chi connectivity index (χ2v) is 4.34. The lowest BCUT2D eigenvalue weighted by atomic mass is 9.93. The maximum atomic E-state index is 5.55. The van der Waals surface area contributed by atoms with Crippen molar-refractivity contribution in [2.24, 2.45) is 5.73 Å². The molecule has 0 saturated heterocycles. The predicted octanol–water partition coefficient (Wildman–Crippen LogP) is 2.17. The molecule has 0 aromatic heterocycles. The fourth-order valence-corrected chi connectivity index (χ4v) is 2.23. The van der Waals surface area contributed by atoms with E-state index in [-0.39, 0.29) is 0 Å². The highest BCUT2D eigenvalue weighted by Gasteiger charge is 2.14. The Bertz CT molecular complexity index is 343. The second-order valence-electron chi connectivity index (χ2n) is 4.34. The third-order valence-electron chi connectivity index (χ3n) is 3.12. The van der Waals surface area contributed by atoms with Gasteiger partial charge in [-0.25, -0.2) is 0 Å². The molecule has 2 rings (SSSR count). The van der Waals surface area contributed by atoms with Crippen molar-refractivity contribution in [1.29, 1.82) is 0 Å². The summed E-state index contributed by atoms with van der Waals surface area (Å²) in [6.45, 7) is 1.78. The van der Waals surface area contributed by atoms with E-state index in [4.69, 9.17) is 5.73 Å². The van der Waals surface area contributed by atoms with Crippen molar-refractivity contribution < 1.29 is 0 Å². The van der Waals surface area contributed by atoms with Crippen LogP contribution < -0.4 is 11.1 Å². The van der Waals surface area contributed by atoms with E-state index in [0.29, 0.717) is 6.04 Å². The van der Waals surface area contributed by atoms with Crippen LogP contribution in [0.1, 0.15) is 24.8 Å². The van der Waals surface area contributed by atoms with Crippen LogP contribution in [0.5, 0.6) is 0 Å². The fourth-order valence-electron chi connectivity index (χ4n) is 2.23. The lowest BCUT2D eigenvalue weighted by Crippen LogP contribution is -2.33. The van der Waals surface area contributed by atoms with E-state index in [9.17, 15) is 0 Å². The standard InChI is InChI=1S/C14H20N2/c15-9-4-7-14-11-13(8-10-16-14)12-5-2-1-3-6-12/h1-3,5-6,8,14,16H,4,7,9-11,15H2. The first-order chi connectivity index (χ1) is 7.90. The molecular formula is C14H20N2. The van der Waals surface area contributed by atoms with Crippen LogP contribution in [0.3, 0.4) is 0 Å². The van der Waals surface area contributed by atoms with Crippen LogP contribution in [-0.2, 0) is 0 Å². The molecule has 1 aromatic carbocycles. The van der Waals surface area contributed by atoms with Crippen LogP contribution in [0, 0.1) is 0 Å². The Balaban J connectivity index is 1.99. The molecule has 0 fully saturated rings. The quantitative estimate of drug-likeness (QED) is 0.809. The van der Waals surface area contributed by atoms with Gasteiger partial charge in [-0.3, -0.25) is 0 Å². The van der Waals surface area contributed by atoms with Crippen LogP contribution in [0.25, 0.3) is 5.57 Å². The van der Waals surface area contributed by atoms with Crippen LogP contribution in [0.15, 0.2) is 36.4 Å². The summed E-state index contributed by atoms with van der Waals surface area (Å²) in [4.78, 5) is 0. The van der Waals surface area contributed by atoms with E-state index in [2.05, 4.69) is 41.7 Å². The third kappa shape index (κ3) is 2.94. The Hall–Kier alpha value is -1.12. The summed E-state index contributed by atoms with van der Waals surface area (Å²) in [5, 5.41) is 3.52. The van der Waals surface area contributed by atoms with Gasteiger partial charge in [0.15, 0.2) is 0 Å². The number of hydrogen-bond acceptors (Lipinski definition) is 2. The maximum Gasteiger partial charge on any atom is 0.0143 e. The van der Waals surface area contributed by atoms with Gasteiger partial charge in [-0.05, 0) is 36.9 Å². The summed E-state index contributed by atoms with van der Waals surface area (Å²) in [5.41, 5.74) is 8.39. The highest BCUT2D eigenvalue weighted by atomic mass is 14.9. The average Bonchev–Trinajstić information content (AvgIpc) is 2.38. The van der Waals surface area contributed by atoms with Crippen molar-refractivity contribution in [2.45, 2.75) is 25.3 Å². The molecule has 1 aromatic rings. The third-order valence-corrected chi connectivity index (χ3v) is 3.12. The Morgan fingerprint density at radius 2 is 2.06 bits per heavy atom. The minimum atomic E-state index is 0.601. The van der Waals surface area contributed by atoms with Crippen molar-refractivity contribution in [3.63, 3.8) is 0 Å². The monoisotopic (exact) mass is 216 g/mol. The Morgan fingerprint density at radius 1 is 1.25 bits per heavy atom. The molecule has 0 saturated carbocycles. The van der Waals surface area contributed by atoms with Crippen molar-refractivity contribution in [3.05, 3.63) is 42.0 Å². The molecule has 1 aliphatic heterocycles. The van der Waals surface area contributed by atoms with E-state index in [1.165, 1.54) is 17.6 Å². The molecule has 86 valence electrons. The summed E-state index contributed by atoms with van der Waals surface area (Å²) >= 11 is 0. The van der Waals surface area contributed by atoms with Gasteiger partial charge in [0.25, 0.3) is 0 Å². The SMILES string of the molecule is NCCCC1CC(c2ccccc2)=CCN1. The molecule has 1 atom stereocenters. The van der Waals surface area contributed by atoms with Crippen LogP contribution in [-0.4, -0.2) is 19.1 Å². The summed E-state index contributed by atoms with van der Waals surface area (Å²) in [6, 6.07) is 11.3. The number of nitrogens with two attached hydrogens (primary N) is 1. The number of benzene rings is 1. The predicted molar refractivity (Wildman–Crippen MR) is 69.1 cm³/mol. The molecule has 1 aliphatic rings. The zero-order valence-electron chi connectivity index (χ0n) is 9.65. The first kappa shape index (κ1) is 11.4. The van der Waals surface area contributed by atoms with E-state index >= 15 is 0 Å². The maximum absolute atomic E-state index is 5.55. The minimum absolute atomic E-state index is 0.601. The van der Waals surface area contributed by atoms with Crippen molar-refractivity contribution >= 4 is 5.57 Å². The second kappa shape index (κ2) is 5.83. The van der Waals surface area contributed by atoms with E-state index in [1.54, 1.807) is 0 Å². The average molecular weight is 216 g/mol. The molecule has 0 aliphatic carbocycles. The molecule has 2 heteroatoms. The van der Waals surface area contributed by atoms with Crippen molar-refractivity contribution in [1.82, 2.24) is 5.32 Å². The van der Waals surface area contributed by atoms with Crippen LogP contribution in [0.2, 0.25) is 0 Å². The Kier molecular flexibility index (Phi) is 4.14. The smallest absolute Gasteiger partial charge is 0.0143 e. The number of rotatable bonds is 4. The van der Waals surface area contributed by atoms with Gasteiger partial charge in [-0.2, -0.15) is 0 Å². The highest BCUT2D eigenvalue weighted by molar-refractivity contribution is 5.66. The number of hydrogen-bond donors (Lipinski definition) is 2. The molecule has 0 amide bonds. The van der Waals surface area contributed by atoms with E-state index in [0.717, 1.165) is 25.9 Å². The van der Waals surface area contributed by atoms with E-state index < -0.39 is 0 Å². The van der Waals surface area contributed by atoms with Gasteiger partial charge in [0.2, 0.25) is 0 Å². The molecule has 16 heavy (non-hydrogen) atoms. The Labute approximate surface area is 97.5 Å². The molecule has 1 unspecified atom stereocenters. The lowest BCUT2D eigenvalue weighted by molar-refractivity contribution is 0.488. The zero-order valence-corrected chi connectivity index (χ0v) is 9.65. The number of nitrogens with one attached hydrogen (secondary N) is 1. The zero-order chi connectivity index (χ0) is 11.2. The van der Waals surface area contributed by atoms with Crippen LogP contribution in [0.4, 0.5) is 0 Å². The molecule has 3 N–H and O–H groups in total. The first-order valence-electron chi connectivity index (χ1n) is 6.08. The van der Waals surface area contributed by atoms with Gasteiger partial charge < -0.3 is 11.1 Å². The molecule has 2 nitrogen and oxygen atoms in total. The largest absolute Gasteiger partial charge is 0.330 e. The topological polar surface area (TPSA) is 38.0 Å². The van der Waals surface area contributed by atoms with Gasteiger partial charge >= 0.3 is 0 Å². The van der Waals surface area contributed by atoms with Gasteiger partial charge in [-0.15, -0.1) is 0 Å². The first-order valence-corrected chi connectivity index (χ1v) is 6.08. The molecule has 1 heterocycles. The highest BCUT2D eigenvalue weighted by Crippen LogP contribution is 2.23. The van der Waals surface area contributed by atoms with Gasteiger partial charge in [0.1, 0.15) is 0 Å². The van der Waals surface area contributed by atoms with Gasteiger partial charge in [-0.1, -0.05) is 36.4 Å². The molecule has 0 radical (unpaired) electrons. The summed E-state index contributed by atoms with van der Waals surface area (Å²) in [6.07, 6.45) is 5.72. The van der Waals surface area contributed by atoms with E-state index in [1.807, 2.05) is 0 Å². The summed E-state index contributed by atoms with van der Waals surface area (Å²) in [5.74, 6) is 0. The molecule has 0 spiro atoms. The lowest BCUT2D eigenvalue weighted by Gasteiger charge is -2.24. The summed E-state index contributed by atoms with van der Waals surface area (Å²) in [7, 11) is 0. The summed E-state index contributed by atoms with van der Waals surface area (Å²) < 4.78 is 0. The molecular weight excluding hydrogens is 196 g/mol. The Morgan fingerprint density at radius 3 is 2.81 bits per heavy atom. The van der Waals surface area contributed by atoms with Crippen LogP contribution >= 0.6 is 0 Å². The molecule has 0 bridgehead atoms. The fraction of sp³-hybridized carbons (Fsp3) is 0.429. The van der Waals surface area contributed by atoms with Gasteiger partial charge in [0.05, 0.1) is 0 Å². The van der Waals surface area contributed by atoms with Gasteiger partial charge in [0, 0.05) is 12.6 Å². The van der Waals surface area contributed by atoms with Crippen molar-refractivity contribution in [2.75, 3.05) is 13.1 Å². The van der Waals surface area contributed by atoms with Crippen molar-refractivity contribution in [3.8, 4) is 0 Å². The minimum Gasteiger partial charge on any atom is -0.330 e. The normalized spacial score (nSPS) is 20.6.